The third-order valence-electron chi connectivity index (χ3n) is 7.55. The number of nitrogens with zero attached hydrogens (tertiary/aromatic N) is 1. The van der Waals surface area contributed by atoms with Gasteiger partial charge in [-0.3, -0.25) is 9.69 Å². The summed E-state index contributed by atoms with van der Waals surface area (Å²) >= 11 is 0. The number of ether oxygens (including phenoxy) is 1. The minimum Gasteiger partial charge on any atom is -0.493 e. The highest BCUT2D eigenvalue weighted by Crippen LogP contribution is 2.33. The van der Waals surface area contributed by atoms with Crippen LogP contribution in [0.3, 0.4) is 0 Å². The summed E-state index contributed by atoms with van der Waals surface area (Å²) in [6, 6.07) is 24.6. The predicted molar refractivity (Wildman–Crippen MR) is 169 cm³/mol. The number of benzene rings is 4. The first kappa shape index (κ1) is 35.6. The summed E-state index contributed by atoms with van der Waals surface area (Å²) in [5.41, 5.74) is 0.277. The van der Waals surface area contributed by atoms with Gasteiger partial charge in [0, 0.05) is 62.5 Å². The lowest BCUT2D eigenvalue weighted by molar-refractivity contribution is -0.140. The van der Waals surface area contributed by atoms with Gasteiger partial charge in [-0.05, 0) is 29.7 Å². The number of carbonyl (C=O) groups is 1. The number of halogens is 5. The molecule has 0 spiro atoms. The minimum atomic E-state index is -4.85. The van der Waals surface area contributed by atoms with E-state index in [-0.39, 0.29) is 53.9 Å². The van der Waals surface area contributed by atoms with Crippen molar-refractivity contribution in [2.24, 2.45) is 0 Å². The highest BCUT2D eigenvalue weighted by Gasteiger charge is 2.35. The standard InChI is InChI=1S/C35H35F5N2O4S/c1-24(43)41-21-29-32(36)19-28(20-33(29)47(2,44)45)46-18-10-17-42(22-27-15-9-16-31(34(27)37)35(38,39)40)23-30(25-11-5-3-6-12-25)26-13-7-4-8-14-26/h3-9,11-16,19-20,30H,10,17-18,21-23H2,1-2H3,(H,41,43). The molecule has 47 heavy (non-hydrogen) atoms. The van der Waals surface area contributed by atoms with Gasteiger partial charge in [-0.1, -0.05) is 72.8 Å². The Morgan fingerprint density at radius 3 is 2.09 bits per heavy atom. The average Bonchev–Trinajstić information content (AvgIpc) is 3.01. The monoisotopic (exact) mass is 674 g/mol. The Morgan fingerprint density at radius 2 is 1.53 bits per heavy atom. The number of carbonyl (C=O) groups excluding carboxylic acids is 1. The lowest BCUT2D eigenvalue weighted by atomic mass is 9.90. The van der Waals surface area contributed by atoms with E-state index in [1.165, 1.54) is 25.1 Å². The number of nitrogens with one attached hydrogen (secondary N) is 1. The van der Waals surface area contributed by atoms with E-state index in [9.17, 15) is 30.8 Å². The SMILES string of the molecule is CC(=O)NCc1c(F)cc(OCCCN(Cc2cccc(C(F)(F)F)c2F)CC(c2ccccc2)c2ccccc2)cc1S(C)(=O)=O. The molecule has 1 amide bonds. The average molecular weight is 675 g/mol. The number of amides is 1. The topological polar surface area (TPSA) is 75.7 Å². The van der Waals surface area contributed by atoms with Crippen molar-refractivity contribution in [1.29, 1.82) is 0 Å². The van der Waals surface area contributed by atoms with Gasteiger partial charge in [-0.2, -0.15) is 13.2 Å². The Labute approximate surface area is 271 Å². The van der Waals surface area contributed by atoms with E-state index in [1.807, 2.05) is 65.6 Å². The molecule has 0 unspecified atom stereocenters. The van der Waals surface area contributed by atoms with Crippen LogP contribution in [0.4, 0.5) is 22.0 Å². The molecule has 0 aliphatic rings. The number of sulfone groups is 1. The Bertz CT molecular complexity index is 1730. The van der Waals surface area contributed by atoms with Crippen LogP contribution in [0, 0.1) is 11.6 Å². The van der Waals surface area contributed by atoms with Crippen molar-refractivity contribution in [2.45, 2.75) is 43.4 Å². The zero-order valence-corrected chi connectivity index (χ0v) is 26.7. The molecule has 0 radical (unpaired) electrons. The van der Waals surface area contributed by atoms with E-state index in [4.69, 9.17) is 4.74 Å². The fraction of sp³-hybridized carbons (Fsp3) is 0.286. The fourth-order valence-corrected chi connectivity index (χ4v) is 6.24. The van der Waals surface area contributed by atoms with Crippen molar-refractivity contribution in [2.75, 3.05) is 26.0 Å². The van der Waals surface area contributed by atoms with Gasteiger partial charge < -0.3 is 10.1 Å². The maximum Gasteiger partial charge on any atom is 0.419 e. The van der Waals surface area contributed by atoms with Crippen LogP contribution >= 0.6 is 0 Å². The number of alkyl halides is 3. The smallest absolute Gasteiger partial charge is 0.419 e. The van der Waals surface area contributed by atoms with Crippen LogP contribution in [0.2, 0.25) is 0 Å². The number of hydrogen-bond acceptors (Lipinski definition) is 5. The third-order valence-corrected chi connectivity index (χ3v) is 8.71. The van der Waals surface area contributed by atoms with Gasteiger partial charge in [0.15, 0.2) is 9.84 Å². The molecule has 0 bridgehead atoms. The lowest BCUT2D eigenvalue weighted by Crippen LogP contribution is -2.31. The molecule has 0 atom stereocenters. The van der Waals surface area contributed by atoms with E-state index >= 15 is 4.39 Å². The van der Waals surface area contributed by atoms with Gasteiger partial charge in [0.1, 0.15) is 17.4 Å². The summed E-state index contributed by atoms with van der Waals surface area (Å²) in [7, 11) is -3.88. The zero-order valence-electron chi connectivity index (χ0n) is 25.9. The van der Waals surface area contributed by atoms with E-state index in [0.29, 0.717) is 19.0 Å². The van der Waals surface area contributed by atoms with Crippen LogP contribution < -0.4 is 10.1 Å². The Morgan fingerprint density at radius 1 is 0.915 bits per heavy atom. The highest BCUT2D eigenvalue weighted by molar-refractivity contribution is 7.90. The molecule has 6 nitrogen and oxygen atoms in total. The van der Waals surface area contributed by atoms with Gasteiger partial charge in [0.05, 0.1) is 17.1 Å². The van der Waals surface area contributed by atoms with Crippen molar-refractivity contribution in [3.05, 3.63) is 130 Å². The maximum atomic E-state index is 15.1. The maximum absolute atomic E-state index is 15.1. The van der Waals surface area contributed by atoms with Gasteiger partial charge >= 0.3 is 6.18 Å². The Kier molecular flexibility index (Phi) is 11.8. The number of rotatable bonds is 14. The molecular weight excluding hydrogens is 639 g/mol. The molecule has 4 aromatic rings. The molecule has 1 N–H and O–H groups in total. The largest absolute Gasteiger partial charge is 0.493 e. The van der Waals surface area contributed by atoms with Crippen molar-refractivity contribution >= 4 is 15.7 Å². The molecule has 0 saturated carbocycles. The van der Waals surface area contributed by atoms with Crippen LogP contribution in [0.25, 0.3) is 0 Å². The molecule has 0 aliphatic heterocycles. The van der Waals surface area contributed by atoms with Gasteiger partial charge in [0.25, 0.3) is 0 Å². The van der Waals surface area contributed by atoms with E-state index < -0.39 is 39.1 Å². The van der Waals surface area contributed by atoms with E-state index in [1.54, 1.807) is 0 Å². The Hall–Kier alpha value is -4.29. The summed E-state index contributed by atoms with van der Waals surface area (Å²) in [5, 5.41) is 2.40. The summed E-state index contributed by atoms with van der Waals surface area (Å²) in [4.78, 5) is 12.8. The fourth-order valence-electron chi connectivity index (χ4n) is 5.29. The van der Waals surface area contributed by atoms with Gasteiger partial charge in [0.2, 0.25) is 5.91 Å². The zero-order chi connectivity index (χ0) is 34.2. The molecule has 0 saturated heterocycles. The summed E-state index contributed by atoms with van der Waals surface area (Å²) in [5.74, 6) is -2.90. The first-order valence-electron chi connectivity index (χ1n) is 14.8. The van der Waals surface area contributed by atoms with Crippen LogP contribution in [-0.4, -0.2) is 45.2 Å². The third kappa shape index (κ3) is 9.85. The number of hydrogen-bond donors (Lipinski definition) is 1. The van der Waals surface area contributed by atoms with Crippen LogP contribution in [0.15, 0.2) is 95.9 Å². The van der Waals surface area contributed by atoms with Crippen molar-refractivity contribution in [3.8, 4) is 5.75 Å². The molecule has 0 heterocycles. The second kappa shape index (κ2) is 15.5. The van der Waals surface area contributed by atoms with Crippen molar-refractivity contribution in [3.63, 3.8) is 0 Å². The molecule has 250 valence electrons. The molecule has 0 aromatic heterocycles. The molecular formula is C35H35F5N2O4S. The normalized spacial score (nSPS) is 12.0. The summed E-state index contributed by atoms with van der Waals surface area (Å²) in [6.45, 7) is 1.35. The highest BCUT2D eigenvalue weighted by atomic mass is 32.2. The lowest BCUT2D eigenvalue weighted by Gasteiger charge is -2.29. The van der Waals surface area contributed by atoms with Gasteiger partial charge in [-0.15, -0.1) is 0 Å². The second-order valence-corrected chi connectivity index (χ2v) is 13.1. The Balaban J connectivity index is 1.58. The minimum absolute atomic E-state index is 0.00337. The van der Waals surface area contributed by atoms with Crippen LogP contribution in [0.5, 0.6) is 5.75 Å². The molecule has 0 aliphatic carbocycles. The molecule has 4 aromatic carbocycles. The van der Waals surface area contributed by atoms with E-state index in [0.717, 1.165) is 23.4 Å². The van der Waals surface area contributed by atoms with Crippen molar-refractivity contribution < 1.29 is 39.9 Å². The quantitative estimate of drug-likeness (QED) is 0.114. The van der Waals surface area contributed by atoms with Crippen LogP contribution in [-0.2, 0) is 33.9 Å². The van der Waals surface area contributed by atoms with Gasteiger partial charge in [-0.25, -0.2) is 17.2 Å². The first-order valence-corrected chi connectivity index (χ1v) is 16.7. The van der Waals surface area contributed by atoms with E-state index in [2.05, 4.69) is 5.32 Å². The first-order chi connectivity index (χ1) is 22.2. The van der Waals surface area contributed by atoms with Crippen LogP contribution in [0.1, 0.15) is 47.1 Å². The molecule has 12 heteroatoms. The van der Waals surface area contributed by atoms with Crippen molar-refractivity contribution in [1.82, 2.24) is 10.2 Å². The summed E-state index contributed by atoms with van der Waals surface area (Å²) < 4.78 is 101. The predicted octanol–water partition coefficient (Wildman–Crippen LogP) is 7.13. The summed E-state index contributed by atoms with van der Waals surface area (Å²) in [6.07, 6.45) is -3.64. The second-order valence-electron chi connectivity index (χ2n) is 11.2. The molecule has 4 rings (SSSR count). The molecule has 0 fully saturated rings.